The van der Waals surface area contributed by atoms with Crippen LogP contribution in [0.15, 0.2) is 47.4 Å². The number of nitro benzene ring substituents is 1. The van der Waals surface area contributed by atoms with Crippen molar-refractivity contribution in [2.24, 2.45) is 0 Å². The maximum Gasteiger partial charge on any atom is 0.311 e. The Morgan fingerprint density at radius 1 is 1.32 bits per heavy atom. The van der Waals surface area contributed by atoms with Crippen LogP contribution in [-0.2, 0) is 4.79 Å². The lowest BCUT2D eigenvalue weighted by Gasteiger charge is -2.16. The molecule has 0 aliphatic carbocycles. The highest BCUT2D eigenvalue weighted by molar-refractivity contribution is 8.26. The van der Waals surface area contributed by atoms with Gasteiger partial charge < -0.3 is 5.11 Å². The van der Waals surface area contributed by atoms with Crippen molar-refractivity contribution in [2.75, 3.05) is 0 Å². The van der Waals surface area contributed by atoms with Crippen LogP contribution in [0, 0.1) is 17.0 Å². The Hall–Kier alpha value is -3.24. The van der Waals surface area contributed by atoms with Gasteiger partial charge >= 0.3 is 5.69 Å². The summed E-state index contributed by atoms with van der Waals surface area (Å²) in [5.74, 6) is -1.50. The molecule has 142 valence electrons. The van der Waals surface area contributed by atoms with E-state index in [1.54, 1.807) is 31.2 Å². The number of phenolic OH excluding ortho intramolecular Hbond substituents is 1. The number of hydrazine groups is 1. The predicted octanol–water partition coefficient (Wildman–Crippen LogP) is 3.16. The number of nitrogens with zero attached hydrogens (tertiary/aromatic N) is 2. The fourth-order valence-corrected chi connectivity index (χ4v) is 3.66. The number of aromatic hydroxyl groups is 1. The van der Waals surface area contributed by atoms with Crippen molar-refractivity contribution < 1.29 is 19.6 Å². The third-order valence-electron chi connectivity index (χ3n) is 3.89. The van der Waals surface area contributed by atoms with E-state index in [2.05, 4.69) is 5.43 Å². The smallest absolute Gasteiger partial charge is 0.311 e. The molecule has 2 amide bonds. The highest BCUT2D eigenvalue weighted by Gasteiger charge is 2.34. The molecule has 2 aromatic rings. The molecule has 2 N–H and O–H groups in total. The van der Waals surface area contributed by atoms with Gasteiger partial charge in [-0.1, -0.05) is 36.0 Å². The summed E-state index contributed by atoms with van der Waals surface area (Å²) in [6.45, 7) is 1.77. The second-order valence-electron chi connectivity index (χ2n) is 5.78. The lowest BCUT2D eigenvalue weighted by atomic mass is 10.1. The molecule has 0 bridgehead atoms. The fourth-order valence-electron chi connectivity index (χ4n) is 2.48. The topological polar surface area (TPSA) is 113 Å². The number of nitro groups is 1. The monoisotopic (exact) mass is 415 g/mol. The summed E-state index contributed by atoms with van der Waals surface area (Å²) in [6.07, 6.45) is 1.41. The Morgan fingerprint density at radius 2 is 2.04 bits per heavy atom. The van der Waals surface area contributed by atoms with Crippen molar-refractivity contribution in [1.29, 1.82) is 0 Å². The summed E-state index contributed by atoms with van der Waals surface area (Å²) in [5.41, 5.74) is 3.51. The van der Waals surface area contributed by atoms with Crippen LogP contribution in [0.25, 0.3) is 6.08 Å². The summed E-state index contributed by atoms with van der Waals surface area (Å²) in [4.78, 5) is 35.5. The van der Waals surface area contributed by atoms with Gasteiger partial charge in [-0.2, -0.15) is 5.01 Å². The third kappa shape index (κ3) is 3.87. The number of aryl methyl sites for hydroxylation is 1. The predicted molar refractivity (Wildman–Crippen MR) is 108 cm³/mol. The van der Waals surface area contributed by atoms with Crippen LogP contribution in [0.2, 0.25) is 0 Å². The van der Waals surface area contributed by atoms with Gasteiger partial charge in [0.15, 0.2) is 10.1 Å². The lowest BCUT2D eigenvalue weighted by molar-refractivity contribution is -0.385. The molecule has 10 heteroatoms. The van der Waals surface area contributed by atoms with Crippen LogP contribution < -0.4 is 5.43 Å². The Kier molecular flexibility index (Phi) is 5.43. The first-order valence-electron chi connectivity index (χ1n) is 7.90. The maximum atomic E-state index is 12.6. The third-order valence-corrected chi connectivity index (χ3v) is 5.19. The molecule has 0 radical (unpaired) electrons. The van der Waals surface area contributed by atoms with E-state index in [0.29, 0.717) is 11.1 Å². The molecule has 0 unspecified atom stereocenters. The van der Waals surface area contributed by atoms with Gasteiger partial charge in [-0.3, -0.25) is 25.1 Å². The highest BCUT2D eigenvalue weighted by atomic mass is 32.2. The Bertz CT molecular complexity index is 1050. The molecule has 8 nitrogen and oxygen atoms in total. The summed E-state index contributed by atoms with van der Waals surface area (Å²) < 4.78 is 0.131. The number of benzene rings is 2. The average molecular weight is 415 g/mol. The molecule has 0 aromatic heterocycles. The number of thioether (sulfide) groups is 1. The lowest BCUT2D eigenvalue weighted by Crippen LogP contribution is -2.45. The molecule has 0 saturated carbocycles. The first-order valence-corrected chi connectivity index (χ1v) is 9.12. The standard InChI is InChI=1S/C18H13N3O5S2/c1-10-4-2-3-5-12(10)16(23)19-20-17(24)15(28-18(20)27)9-11-6-7-14(22)13(8-11)21(25)26/h2-9,22H,1H3,(H,19,23)/b15-9-. The number of hydrogen-bond donors (Lipinski definition) is 2. The van der Waals surface area contributed by atoms with Crippen molar-refractivity contribution in [3.63, 3.8) is 0 Å². The van der Waals surface area contributed by atoms with Crippen LogP contribution in [-0.4, -0.2) is 31.2 Å². The quantitative estimate of drug-likeness (QED) is 0.341. The van der Waals surface area contributed by atoms with E-state index in [0.717, 1.165) is 28.4 Å². The highest BCUT2D eigenvalue weighted by Crippen LogP contribution is 2.33. The van der Waals surface area contributed by atoms with E-state index in [9.17, 15) is 24.8 Å². The summed E-state index contributed by atoms with van der Waals surface area (Å²) in [7, 11) is 0. The zero-order chi connectivity index (χ0) is 20.4. The number of hydrogen-bond acceptors (Lipinski definition) is 7. The van der Waals surface area contributed by atoms with Crippen LogP contribution in [0.1, 0.15) is 21.5 Å². The van der Waals surface area contributed by atoms with Crippen LogP contribution in [0.3, 0.4) is 0 Å². The van der Waals surface area contributed by atoms with Crippen molar-refractivity contribution in [2.45, 2.75) is 6.92 Å². The second-order valence-corrected chi connectivity index (χ2v) is 7.45. The number of phenols is 1. The Labute approximate surface area is 169 Å². The number of amides is 2. The van der Waals surface area contributed by atoms with Crippen LogP contribution >= 0.6 is 24.0 Å². The first kappa shape index (κ1) is 19.5. The number of rotatable bonds is 4. The molecule has 1 aliphatic rings. The van der Waals surface area contributed by atoms with Gasteiger partial charge in [0.05, 0.1) is 9.83 Å². The van der Waals surface area contributed by atoms with Gasteiger partial charge in [0.25, 0.3) is 11.8 Å². The normalized spacial score (nSPS) is 15.2. The number of carbonyl (C=O) groups excluding carboxylic acids is 2. The van der Waals surface area contributed by atoms with Crippen molar-refractivity contribution in [3.8, 4) is 5.75 Å². The maximum absolute atomic E-state index is 12.6. The molecule has 2 aromatic carbocycles. The van der Waals surface area contributed by atoms with E-state index in [-0.39, 0.29) is 9.23 Å². The van der Waals surface area contributed by atoms with Crippen molar-refractivity contribution >= 4 is 51.9 Å². The largest absolute Gasteiger partial charge is 0.502 e. The van der Waals surface area contributed by atoms with Crippen LogP contribution in [0.5, 0.6) is 5.75 Å². The molecule has 1 heterocycles. The minimum Gasteiger partial charge on any atom is -0.502 e. The minimum absolute atomic E-state index is 0.131. The van der Waals surface area contributed by atoms with E-state index >= 15 is 0 Å². The second kappa shape index (κ2) is 7.79. The summed E-state index contributed by atoms with van der Waals surface area (Å²) in [5, 5.41) is 21.4. The summed E-state index contributed by atoms with van der Waals surface area (Å²) >= 11 is 6.12. The Balaban J connectivity index is 1.83. The molecule has 0 spiro atoms. The molecular weight excluding hydrogens is 402 g/mol. The Morgan fingerprint density at radius 3 is 2.71 bits per heavy atom. The first-order chi connectivity index (χ1) is 13.3. The van der Waals surface area contributed by atoms with Gasteiger partial charge in [-0.15, -0.1) is 0 Å². The van der Waals surface area contributed by atoms with E-state index in [4.69, 9.17) is 12.2 Å². The fraction of sp³-hybridized carbons (Fsp3) is 0.0556. The van der Waals surface area contributed by atoms with Gasteiger partial charge in [-0.25, -0.2) is 0 Å². The molecule has 1 fully saturated rings. The van der Waals surface area contributed by atoms with Gasteiger partial charge in [-0.05, 0) is 48.5 Å². The van der Waals surface area contributed by atoms with E-state index < -0.39 is 28.2 Å². The average Bonchev–Trinajstić information content (AvgIpc) is 2.90. The van der Waals surface area contributed by atoms with Crippen molar-refractivity contribution in [3.05, 3.63) is 74.2 Å². The molecule has 3 rings (SSSR count). The van der Waals surface area contributed by atoms with Gasteiger partial charge in [0, 0.05) is 11.6 Å². The minimum atomic E-state index is -0.722. The summed E-state index contributed by atoms with van der Waals surface area (Å²) in [6, 6.07) is 10.7. The van der Waals surface area contributed by atoms with Crippen LogP contribution in [0.4, 0.5) is 5.69 Å². The zero-order valence-electron chi connectivity index (χ0n) is 14.4. The van der Waals surface area contributed by atoms with Gasteiger partial charge in [0.1, 0.15) is 0 Å². The molecule has 28 heavy (non-hydrogen) atoms. The molecule has 1 saturated heterocycles. The molecular formula is C18H13N3O5S2. The van der Waals surface area contributed by atoms with E-state index in [1.807, 2.05) is 0 Å². The number of nitrogens with one attached hydrogen (secondary N) is 1. The molecule has 1 aliphatic heterocycles. The number of thiocarbonyl (C=S) groups is 1. The number of carbonyl (C=O) groups is 2. The van der Waals surface area contributed by atoms with Crippen molar-refractivity contribution in [1.82, 2.24) is 10.4 Å². The zero-order valence-corrected chi connectivity index (χ0v) is 16.0. The van der Waals surface area contributed by atoms with Gasteiger partial charge in [0.2, 0.25) is 0 Å². The van der Waals surface area contributed by atoms with E-state index in [1.165, 1.54) is 18.2 Å². The SMILES string of the molecule is Cc1ccccc1C(=O)NN1C(=O)/C(=C/c2ccc(O)c([N+](=O)[O-])c2)SC1=S. The molecule has 0 atom stereocenters.